The van der Waals surface area contributed by atoms with Crippen molar-refractivity contribution >= 4 is 17.9 Å². The van der Waals surface area contributed by atoms with Gasteiger partial charge in [-0.3, -0.25) is 9.78 Å². The maximum absolute atomic E-state index is 10.9. The second-order valence-electron chi connectivity index (χ2n) is 2.52. The molecule has 0 bridgehead atoms. The van der Waals surface area contributed by atoms with E-state index in [2.05, 4.69) is 4.98 Å². The van der Waals surface area contributed by atoms with Crippen LogP contribution < -0.4 is 10.4 Å². The molecule has 0 radical (unpaired) electrons. The van der Waals surface area contributed by atoms with Crippen LogP contribution in [0.15, 0.2) is 18.5 Å². The van der Waals surface area contributed by atoms with E-state index < -0.39 is 0 Å². The Bertz CT molecular complexity index is 406. The number of fused-ring (bicyclic) bond motifs is 1. The van der Waals surface area contributed by atoms with Gasteiger partial charge in [0.05, 0.1) is 0 Å². The van der Waals surface area contributed by atoms with Crippen LogP contribution in [0.3, 0.4) is 0 Å². The Balaban J connectivity index is 2.83. The maximum Gasteiger partial charge on any atom is 0.160 e. The van der Waals surface area contributed by atoms with Gasteiger partial charge in [-0.15, -0.1) is 0 Å². The normalized spacial score (nSPS) is 14.7. The van der Waals surface area contributed by atoms with E-state index in [9.17, 15) is 4.79 Å². The van der Waals surface area contributed by atoms with Gasteiger partial charge >= 0.3 is 0 Å². The third-order valence-corrected chi connectivity index (χ3v) is 1.73. The molecule has 0 N–H and O–H groups in total. The highest BCUT2D eigenvalue weighted by molar-refractivity contribution is 6.09. The van der Waals surface area contributed by atoms with Crippen molar-refractivity contribution in [2.75, 3.05) is 0 Å². The Morgan fingerprint density at radius 1 is 1.36 bits per heavy atom. The first kappa shape index (κ1) is 6.28. The summed E-state index contributed by atoms with van der Waals surface area (Å²) in [4.78, 5) is 14.9. The van der Waals surface area contributed by atoms with Crippen LogP contribution in [-0.2, 0) is 4.79 Å². The smallest absolute Gasteiger partial charge is 0.160 e. The molecule has 0 unspecified atom stereocenters. The van der Waals surface area contributed by atoms with Crippen LogP contribution in [0.25, 0.3) is 12.2 Å². The van der Waals surface area contributed by atoms with E-state index in [4.69, 9.17) is 0 Å². The highest BCUT2D eigenvalue weighted by Gasteiger charge is 1.99. The van der Waals surface area contributed by atoms with Crippen LogP contribution in [0.5, 0.6) is 0 Å². The minimum absolute atomic E-state index is 0.170. The van der Waals surface area contributed by atoms with Gasteiger partial charge in [-0.25, -0.2) is 0 Å². The standard InChI is InChI=1S/C9H7NO/c11-9-2-1-8-6-10-4-3-7(8)5-9/h1,3-6H,2H2. The van der Waals surface area contributed by atoms with Crippen LogP contribution in [0.2, 0.25) is 0 Å². The zero-order valence-electron chi connectivity index (χ0n) is 5.95. The number of hydrogen-bond donors (Lipinski definition) is 0. The summed E-state index contributed by atoms with van der Waals surface area (Å²) in [7, 11) is 0. The van der Waals surface area contributed by atoms with Crippen LogP contribution in [0.4, 0.5) is 0 Å². The second kappa shape index (κ2) is 2.31. The molecular formula is C9H7NO. The summed E-state index contributed by atoms with van der Waals surface area (Å²) < 4.78 is 0. The largest absolute Gasteiger partial charge is 0.294 e. The zero-order chi connectivity index (χ0) is 7.68. The summed E-state index contributed by atoms with van der Waals surface area (Å²) in [5, 5.41) is 2.04. The molecule has 11 heavy (non-hydrogen) atoms. The van der Waals surface area contributed by atoms with E-state index in [1.807, 2.05) is 12.1 Å². The van der Waals surface area contributed by atoms with Gasteiger partial charge in [0.15, 0.2) is 5.78 Å². The Kier molecular flexibility index (Phi) is 1.32. The number of Topliss-reactive ketones (excluding diaryl/α,β-unsaturated/α-hetero) is 1. The van der Waals surface area contributed by atoms with Gasteiger partial charge in [-0.05, 0) is 22.6 Å². The second-order valence-corrected chi connectivity index (χ2v) is 2.52. The van der Waals surface area contributed by atoms with Crippen LogP contribution in [-0.4, -0.2) is 10.8 Å². The molecule has 1 aliphatic rings. The lowest BCUT2D eigenvalue weighted by atomic mass is 10.1. The first-order valence-corrected chi connectivity index (χ1v) is 3.51. The number of hydrogen-bond acceptors (Lipinski definition) is 2. The van der Waals surface area contributed by atoms with Crippen molar-refractivity contribution in [1.82, 2.24) is 4.98 Å². The molecular weight excluding hydrogens is 138 g/mol. The highest BCUT2D eigenvalue weighted by atomic mass is 16.1. The lowest BCUT2D eigenvalue weighted by molar-refractivity contribution is -0.112. The quantitative estimate of drug-likeness (QED) is 0.498. The van der Waals surface area contributed by atoms with Gasteiger partial charge < -0.3 is 0 Å². The summed E-state index contributed by atoms with van der Waals surface area (Å²) in [6.07, 6.45) is 7.56. The van der Waals surface area contributed by atoms with E-state index >= 15 is 0 Å². The molecule has 2 heteroatoms. The zero-order valence-corrected chi connectivity index (χ0v) is 5.95. The molecule has 1 aromatic heterocycles. The van der Waals surface area contributed by atoms with Gasteiger partial charge in [0.1, 0.15) is 0 Å². The van der Waals surface area contributed by atoms with Gasteiger partial charge in [0.25, 0.3) is 0 Å². The third-order valence-electron chi connectivity index (χ3n) is 1.73. The summed E-state index contributed by atoms with van der Waals surface area (Å²) >= 11 is 0. The van der Waals surface area contributed by atoms with Gasteiger partial charge in [-0.1, -0.05) is 6.08 Å². The van der Waals surface area contributed by atoms with Crippen molar-refractivity contribution in [3.63, 3.8) is 0 Å². The molecule has 0 atom stereocenters. The minimum atomic E-state index is 0.170. The Morgan fingerprint density at radius 3 is 3.18 bits per heavy atom. The average Bonchev–Trinajstić information content (AvgIpc) is 2.04. The number of carbonyl (C=O) groups excluding carboxylic acids is 1. The van der Waals surface area contributed by atoms with E-state index in [1.165, 1.54) is 0 Å². The SMILES string of the molecule is O=C1C=c2ccncc2=CC1. The molecule has 0 saturated heterocycles. The lowest BCUT2D eigenvalue weighted by Crippen LogP contribution is -2.29. The van der Waals surface area contributed by atoms with Crippen molar-refractivity contribution in [3.8, 4) is 0 Å². The number of ketones is 1. The molecule has 54 valence electrons. The van der Waals surface area contributed by atoms with E-state index in [1.54, 1.807) is 18.5 Å². The highest BCUT2D eigenvalue weighted by Crippen LogP contribution is 1.88. The van der Waals surface area contributed by atoms with Crippen LogP contribution in [0, 0.1) is 0 Å². The Morgan fingerprint density at radius 2 is 2.27 bits per heavy atom. The van der Waals surface area contributed by atoms with E-state index in [0.717, 1.165) is 10.4 Å². The van der Waals surface area contributed by atoms with Crippen molar-refractivity contribution in [3.05, 3.63) is 28.9 Å². The number of pyridine rings is 1. The predicted octanol–water partition coefficient (Wildman–Crippen LogP) is -0.385. The first-order valence-electron chi connectivity index (χ1n) is 3.51. The monoisotopic (exact) mass is 145 g/mol. The Hall–Kier alpha value is -1.44. The van der Waals surface area contributed by atoms with Crippen LogP contribution >= 0.6 is 0 Å². The first-order chi connectivity index (χ1) is 5.36. The molecule has 1 heterocycles. The number of aromatic nitrogens is 1. The lowest BCUT2D eigenvalue weighted by Gasteiger charge is -1.96. The molecule has 0 spiro atoms. The molecule has 1 aliphatic carbocycles. The van der Waals surface area contributed by atoms with Gasteiger partial charge in [0, 0.05) is 18.8 Å². The van der Waals surface area contributed by atoms with E-state index in [0.29, 0.717) is 6.42 Å². The fourth-order valence-electron chi connectivity index (χ4n) is 1.16. The Labute approximate surface area is 63.9 Å². The number of carbonyl (C=O) groups is 1. The summed E-state index contributed by atoms with van der Waals surface area (Å²) in [6, 6.07) is 1.85. The van der Waals surface area contributed by atoms with E-state index in [-0.39, 0.29) is 5.78 Å². The molecule has 2 nitrogen and oxygen atoms in total. The predicted molar refractivity (Wildman–Crippen MR) is 42.0 cm³/mol. The molecule has 0 amide bonds. The van der Waals surface area contributed by atoms with Crippen molar-refractivity contribution in [2.45, 2.75) is 6.42 Å². The van der Waals surface area contributed by atoms with Crippen molar-refractivity contribution < 1.29 is 4.79 Å². The minimum Gasteiger partial charge on any atom is -0.294 e. The van der Waals surface area contributed by atoms with Crippen molar-refractivity contribution in [1.29, 1.82) is 0 Å². The van der Waals surface area contributed by atoms with Crippen molar-refractivity contribution in [2.24, 2.45) is 0 Å². The van der Waals surface area contributed by atoms with Gasteiger partial charge in [-0.2, -0.15) is 0 Å². The molecule has 2 rings (SSSR count). The fourth-order valence-corrected chi connectivity index (χ4v) is 1.16. The van der Waals surface area contributed by atoms with Crippen LogP contribution in [0.1, 0.15) is 6.42 Å². The fraction of sp³-hybridized carbons (Fsp3) is 0.111. The average molecular weight is 145 g/mol. The topological polar surface area (TPSA) is 30.0 Å². The number of rotatable bonds is 0. The third kappa shape index (κ3) is 1.07. The molecule has 0 fully saturated rings. The van der Waals surface area contributed by atoms with Gasteiger partial charge in [0.2, 0.25) is 0 Å². The summed E-state index contributed by atoms with van der Waals surface area (Å²) in [5.74, 6) is 0.170. The summed E-state index contributed by atoms with van der Waals surface area (Å²) in [6.45, 7) is 0. The summed E-state index contributed by atoms with van der Waals surface area (Å²) in [5.41, 5.74) is 0. The molecule has 0 aliphatic heterocycles. The molecule has 1 aromatic rings. The number of nitrogens with zero attached hydrogens (tertiary/aromatic N) is 1. The maximum atomic E-state index is 10.9. The molecule has 0 saturated carbocycles. The molecule has 0 aromatic carbocycles.